The number of piperazine rings is 1. The van der Waals surface area contributed by atoms with Crippen LogP contribution in [0.3, 0.4) is 0 Å². The smallest absolute Gasteiger partial charge is 0.254 e. The standard InChI is InChI=1S/C24H28F2N6O5/c1-14(31-6-7-32(24(2,3)13-31)23(35)18-9-28-20(33)12-36-18)22(34)30-19-10-29-21(11-27-19)37-17-5-4-15(25)8-16(17)26/h4-5,8,10-11,14,18H,6-7,9,12-13H2,1-3H3,(H,28,33)(H,27,30,34)/t14-,18?/m0/s1. The van der Waals surface area contributed by atoms with E-state index in [2.05, 4.69) is 20.6 Å². The summed E-state index contributed by atoms with van der Waals surface area (Å²) in [5.74, 6) is -2.43. The maximum absolute atomic E-state index is 13.8. The lowest BCUT2D eigenvalue weighted by molar-refractivity contribution is -0.158. The molecule has 11 nitrogen and oxygen atoms in total. The molecule has 1 aromatic heterocycles. The van der Waals surface area contributed by atoms with Crippen LogP contribution in [0.4, 0.5) is 14.6 Å². The molecule has 198 valence electrons. The predicted octanol–water partition coefficient (Wildman–Crippen LogP) is 1.31. The molecule has 4 rings (SSSR count). The predicted molar refractivity (Wildman–Crippen MR) is 127 cm³/mol. The lowest BCUT2D eigenvalue weighted by atomic mass is 9.96. The summed E-state index contributed by atoms with van der Waals surface area (Å²) in [4.78, 5) is 49.0. The van der Waals surface area contributed by atoms with Crippen molar-refractivity contribution in [3.63, 3.8) is 0 Å². The van der Waals surface area contributed by atoms with Gasteiger partial charge >= 0.3 is 0 Å². The molecule has 2 fully saturated rings. The van der Waals surface area contributed by atoms with Crippen LogP contribution < -0.4 is 15.4 Å². The largest absolute Gasteiger partial charge is 0.434 e. The minimum atomic E-state index is -0.879. The van der Waals surface area contributed by atoms with Gasteiger partial charge in [0.2, 0.25) is 17.7 Å². The summed E-state index contributed by atoms with van der Waals surface area (Å²) in [6.45, 7) is 6.87. The average molecular weight is 519 g/mol. The molecule has 1 unspecified atom stereocenters. The Bertz CT molecular complexity index is 1170. The molecule has 1 aromatic carbocycles. The molecule has 0 bridgehead atoms. The molecular weight excluding hydrogens is 490 g/mol. The first-order valence-corrected chi connectivity index (χ1v) is 11.7. The first-order valence-electron chi connectivity index (χ1n) is 11.7. The molecule has 0 aliphatic carbocycles. The Morgan fingerprint density at radius 1 is 1.24 bits per heavy atom. The number of nitrogens with one attached hydrogen (secondary N) is 2. The highest BCUT2D eigenvalue weighted by Crippen LogP contribution is 2.25. The molecule has 0 saturated carbocycles. The Morgan fingerprint density at radius 3 is 2.65 bits per heavy atom. The number of nitrogens with zero attached hydrogens (tertiary/aromatic N) is 4. The van der Waals surface area contributed by atoms with E-state index in [0.717, 1.165) is 12.1 Å². The number of carbonyl (C=O) groups excluding carboxylic acids is 3. The minimum Gasteiger partial charge on any atom is -0.434 e. The second kappa shape index (κ2) is 10.7. The lowest BCUT2D eigenvalue weighted by Crippen LogP contribution is -2.66. The van der Waals surface area contributed by atoms with Crippen molar-refractivity contribution < 1.29 is 32.6 Å². The topological polar surface area (TPSA) is 126 Å². The molecule has 2 N–H and O–H groups in total. The number of benzene rings is 1. The monoisotopic (exact) mass is 518 g/mol. The molecule has 2 saturated heterocycles. The molecule has 3 heterocycles. The van der Waals surface area contributed by atoms with Crippen molar-refractivity contribution in [1.29, 1.82) is 0 Å². The van der Waals surface area contributed by atoms with Crippen LogP contribution in [0.1, 0.15) is 20.8 Å². The number of carbonyl (C=O) groups is 3. The van der Waals surface area contributed by atoms with E-state index in [1.165, 1.54) is 12.4 Å². The van der Waals surface area contributed by atoms with Crippen molar-refractivity contribution in [2.24, 2.45) is 0 Å². The van der Waals surface area contributed by atoms with E-state index < -0.39 is 29.3 Å². The van der Waals surface area contributed by atoms with Crippen molar-refractivity contribution in [1.82, 2.24) is 25.1 Å². The molecule has 2 aromatic rings. The van der Waals surface area contributed by atoms with E-state index in [-0.39, 0.29) is 48.3 Å². The zero-order valence-corrected chi connectivity index (χ0v) is 20.7. The first kappa shape index (κ1) is 26.4. The van der Waals surface area contributed by atoms with Crippen LogP contribution in [0.25, 0.3) is 0 Å². The third-order valence-electron chi connectivity index (χ3n) is 6.29. The number of aromatic nitrogens is 2. The highest BCUT2D eigenvalue weighted by Gasteiger charge is 2.42. The molecule has 2 aliphatic heterocycles. The quantitative estimate of drug-likeness (QED) is 0.587. The molecule has 0 radical (unpaired) electrons. The summed E-state index contributed by atoms with van der Waals surface area (Å²) in [6.07, 6.45) is 1.76. The van der Waals surface area contributed by atoms with Crippen LogP contribution in [0.5, 0.6) is 11.6 Å². The van der Waals surface area contributed by atoms with Crippen LogP contribution in [-0.2, 0) is 19.1 Å². The SMILES string of the molecule is C[C@@H](C(=O)Nc1cnc(Oc2ccc(F)cc2F)cn1)N1CCN(C(=O)C2CNC(=O)CO2)C(C)(C)C1. The second-order valence-electron chi connectivity index (χ2n) is 9.46. The molecular formula is C24H28F2N6O5. The van der Waals surface area contributed by atoms with Gasteiger partial charge in [-0.1, -0.05) is 0 Å². The summed E-state index contributed by atoms with van der Waals surface area (Å²) in [5, 5.41) is 5.33. The lowest BCUT2D eigenvalue weighted by Gasteiger charge is -2.49. The van der Waals surface area contributed by atoms with E-state index in [4.69, 9.17) is 9.47 Å². The normalized spacial score (nSPS) is 20.6. The zero-order chi connectivity index (χ0) is 26.7. The molecule has 2 aliphatic rings. The number of rotatable bonds is 6. The first-order chi connectivity index (χ1) is 17.5. The summed E-state index contributed by atoms with van der Waals surface area (Å²) in [6, 6.07) is 2.35. The van der Waals surface area contributed by atoms with Gasteiger partial charge in [0.25, 0.3) is 5.91 Å². The van der Waals surface area contributed by atoms with Crippen molar-refractivity contribution in [2.45, 2.75) is 38.5 Å². The van der Waals surface area contributed by atoms with Crippen LogP contribution >= 0.6 is 0 Å². The van der Waals surface area contributed by atoms with Gasteiger partial charge in [0.15, 0.2) is 23.5 Å². The molecule has 13 heteroatoms. The zero-order valence-electron chi connectivity index (χ0n) is 20.7. The van der Waals surface area contributed by atoms with Gasteiger partial charge in [-0.2, -0.15) is 0 Å². The number of morpholine rings is 1. The number of hydrogen-bond donors (Lipinski definition) is 2. The van der Waals surface area contributed by atoms with Crippen molar-refractivity contribution >= 4 is 23.5 Å². The number of halogens is 2. The fraction of sp³-hybridized carbons (Fsp3) is 0.458. The summed E-state index contributed by atoms with van der Waals surface area (Å²) < 4.78 is 37.5. The van der Waals surface area contributed by atoms with Crippen LogP contribution in [-0.4, -0.2) is 88.0 Å². The Balaban J connectivity index is 1.32. The maximum atomic E-state index is 13.8. The van der Waals surface area contributed by atoms with Crippen LogP contribution in [0.15, 0.2) is 30.6 Å². The average Bonchev–Trinajstić information content (AvgIpc) is 2.86. The van der Waals surface area contributed by atoms with E-state index in [9.17, 15) is 23.2 Å². The molecule has 2 atom stereocenters. The summed E-state index contributed by atoms with van der Waals surface area (Å²) in [7, 11) is 0. The number of amides is 3. The highest BCUT2D eigenvalue weighted by molar-refractivity contribution is 5.93. The van der Waals surface area contributed by atoms with Gasteiger partial charge in [0, 0.05) is 25.7 Å². The van der Waals surface area contributed by atoms with Gasteiger partial charge < -0.3 is 25.0 Å². The van der Waals surface area contributed by atoms with Gasteiger partial charge in [-0.25, -0.2) is 18.7 Å². The Kier molecular flexibility index (Phi) is 7.64. The fourth-order valence-electron chi connectivity index (χ4n) is 4.26. The van der Waals surface area contributed by atoms with Crippen LogP contribution in [0.2, 0.25) is 0 Å². The summed E-state index contributed by atoms with van der Waals surface area (Å²) in [5.41, 5.74) is -0.580. The van der Waals surface area contributed by atoms with Crippen molar-refractivity contribution in [3.8, 4) is 11.6 Å². The van der Waals surface area contributed by atoms with Crippen LogP contribution in [0, 0.1) is 11.6 Å². The third kappa shape index (κ3) is 6.17. The number of ether oxygens (including phenoxy) is 2. The van der Waals surface area contributed by atoms with Gasteiger partial charge in [-0.15, -0.1) is 0 Å². The maximum Gasteiger partial charge on any atom is 0.254 e. The van der Waals surface area contributed by atoms with E-state index in [1.807, 2.05) is 18.7 Å². The van der Waals surface area contributed by atoms with E-state index >= 15 is 0 Å². The third-order valence-corrected chi connectivity index (χ3v) is 6.29. The van der Waals surface area contributed by atoms with Gasteiger partial charge in [-0.05, 0) is 32.9 Å². The Hall–Kier alpha value is -3.71. The van der Waals surface area contributed by atoms with Gasteiger partial charge in [0.05, 0.1) is 30.5 Å². The molecule has 3 amide bonds. The summed E-state index contributed by atoms with van der Waals surface area (Å²) >= 11 is 0. The molecule has 0 spiro atoms. The highest BCUT2D eigenvalue weighted by atomic mass is 19.1. The second-order valence-corrected chi connectivity index (χ2v) is 9.46. The van der Waals surface area contributed by atoms with Gasteiger partial charge in [0.1, 0.15) is 12.4 Å². The van der Waals surface area contributed by atoms with E-state index in [0.29, 0.717) is 25.7 Å². The van der Waals surface area contributed by atoms with Gasteiger partial charge in [-0.3, -0.25) is 19.3 Å². The van der Waals surface area contributed by atoms with E-state index in [1.54, 1.807) is 11.8 Å². The fourth-order valence-corrected chi connectivity index (χ4v) is 4.26. The number of hydrogen-bond acceptors (Lipinski definition) is 8. The Labute approximate surface area is 212 Å². The minimum absolute atomic E-state index is 0.0272. The molecule has 37 heavy (non-hydrogen) atoms. The Morgan fingerprint density at radius 2 is 2.03 bits per heavy atom. The van der Waals surface area contributed by atoms with Crippen molar-refractivity contribution in [2.75, 3.05) is 38.1 Å². The number of anilines is 1. The van der Waals surface area contributed by atoms with Crippen molar-refractivity contribution in [3.05, 3.63) is 42.2 Å².